The molecular formula is C11H14N4O2S. The van der Waals surface area contributed by atoms with E-state index in [9.17, 15) is 8.42 Å². The summed E-state index contributed by atoms with van der Waals surface area (Å²) >= 11 is 0. The molecule has 2 aromatic rings. The van der Waals surface area contributed by atoms with Gasteiger partial charge in [0.2, 0.25) is 0 Å². The Kier molecular flexibility index (Phi) is 3.00. The highest BCUT2D eigenvalue weighted by molar-refractivity contribution is 7.92. The number of nitrogen functional groups attached to an aromatic ring is 1. The summed E-state index contributed by atoms with van der Waals surface area (Å²) in [5.41, 5.74) is 7.05. The van der Waals surface area contributed by atoms with Crippen LogP contribution in [0.1, 0.15) is 5.69 Å². The van der Waals surface area contributed by atoms with Gasteiger partial charge in [-0.3, -0.25) is 9.40 Å². The molecule has 2 rings (SSSR count). The number of aromatic nitrogens is 2. The van der Waals surface area contributed by atoms with Gasteiger partial charge in [-0.25, -0.2) is 8.42 Å². The molecule has 0 spiro atoms. The Morgan fingerprint density at radius 2 is 2.11 bits per heavy atom. The molecule has 0 atom stereocenters. The zero-order chi connectivity index (χ0) is 13.3. The molecule has 6 nitrogen and oxygen atoms in total. The summed E-state index contributed by atoms with van der Waals surface area (Å²) in [6.45, 7) is 1.73. The lowest BCUT2D eigenvalue weighted by atomic mass is 10.3. The molecule has 0 saturated carbocycles. The Morgan fingerprint density at radius 3 is 2.67 bits per heavy atom. The molecule has 0 radical (unpaired) electrons. The van der Waals surface area contributed by atoms with Crippen molar-refractivity contribution in [2.24, 2.45) is 7.05 Å². The molecule has 0 amide bonds. The lowest BCUT2D eigenvalue weighted by molar-refractivity contribution is 0.601. The van der Waals surface area contributed by atoms with Crippen LogP contribution in [0, 0.1) is 6.92 Å². The van der Waals surface area contributed by atoms with Crippen molar-refractivity contribution in [2.75, 3.05) is 10.5 Å². The zero-order valence-electron chi connectivity index (χ0n) is 10.1. The number of nitrogens with one attached hydrogen (secondary N) is 1. The number of anilines is 2. The first-order valence-corrected chi connectivity index (χ1v) is 6.75. The molecule has 3 N–H and O–H groups in total. The number of aryl methyl sites for hydroxylation is 2. The van der Waals surface area contributed by atoms with Crippen LogP contribution in [0.5, 0.6) is 0 Å². The molecule has 1 aromatic carbocycles. The van der Waals surface area contributed by atoms with E-state index in [1.807, 2.05) is 0 Å². The fraction of sp³-hybridized carbons (Fsp3) is 0.182. The average Bonchev–Trinajstić information content (AvgIpc) is 2.56. The van der Waals surface area contributed by atoms with E-state index in [4.69, 9.17) is 5.73 Å². The Balaban J connectivity index is 2.36. The number of benzene rings is 1. The maximum Gasteiger partial charge on any atom is 0.262 e. The van der Waals surface area contributed by atoms with Crippen LogP contribution in [0.3, 0.4) is 0 Å². The molecule has 0 bridgehead atoms. The first kappa shape index (κ1) is 12.4. The van der Waals surface area contributed by atoms with Crippen LogP contribution in [0.15, 0.2) is 35.4 Å². The van der Waals surface area contributed by atoms with E-state index < -0.39 is 10.0 Å². The van der Waals surface area contributed by atoms with Crippen molar-refractivity contribution in [1.29, 1.82) is 0 Å². The van der Waals surface area contributed by atoms with Gasteiger partial charge in [-0.1, -0.05) is 6.07 Å². The molecule has 18 heavy (non-hydrogen) atoms. The third-order valence-corrected chi connectivity index (χ3v) is 3.79. The summed E-state index contributed by atoms with van der Waals surface area (Å²) in [5.74, 6) is 0. The van der Waals surface area contributed by atoms with E-state index in [1.165, 1.54) is 12.1 Å². The Labute approximate surface area is 105 Å². The van der Waals surface area contributed by atoms with Crippen molar-refractivity contribution in [3.05, 3.63) is 36.2 Å². The van der Waals surface area contributed by atoms with Gasteiger partial charge in [-0.05, 0) is 25.1 Å². The molecular weight excluding hydrogens is 252 g/mol. The van der Waals surface area contributed by atoms with Crippen LogP contribution in [-0.2, 0) is 17.1 Å². The zero-order valence-corrected chi connectivity index (χ0v) is 10.9. The Hall–Kier alpha value is -2.02. The predicted octanol–water partition coefficient (Wildman–Crippen LogP) is 1.11. The normalized spacial score (nSPS) is 11.4. The molecule has 1 heterocycles. The molecule has 0 saturated heterocycles. The van der Waals surface area contributed by atoms with Gasteiger partial charge in [0.1, 0.15) is 0 Å². The average molecular weight is 266 g/mol. The predicted molar refractivity (Wildman–Crippen MR) is 69.6 cm³/mol. The van der Waals surface area contributed by atoms with Crippen LogP contribution in [-0.4, -0.2) is 18.2 Å². The summed E-state index contributed by atoms with van der Waals surface area (Å²) in [7, 11) is -1.90. The van der Waals surface area contributed by atoms with Crippen molar-refractivity contribution < 1.29 is 8.42 Å². The number of hydrogen-bond donors (Lipinski definition) is 2. The molecule has 1 aromatic heterocycles. The van der Waals surface area contributed by atoms with Gasteiger partial charge in [-0.2, -0.15) is 5.10 Å². The summed E-state index contributed by atoms with van der Waals surface area (Å²) in [4.78, 5) is 0.130. The van der Waals surface area contributed by atoms with Crippen molar-refractivity contribution >= 4 is 21.4 Å². The molecule has 0 fully saturated rings. The smallest absolute Gasteiger partial charge is 0.262 e. The van der Waals surface area contributed by atoms with Crippen molar-refractivity contribution in [2.45, 2.75) is 11.8 Å². The SMILES string of the molecule is Cc1nn(C)cc1NS(=O)(=O)c1cccc(N)c1. The van der Waals surface area contributed by atoms with Gasteiger partial charge in [0.05, 0.1) is 16.3 Å². The van der Waals surface area contributed by atoms with Crippen LogP contribution in [0.25, 0.3) is 0 Å². The lowest BCUT2D eigenvalue weighted by Gasteiger charge is -2.07. The number of rotatable bonds is 3. The minimum Gasteiger partial charge on any atom is -0.399 e. The summed E-state index contributed by atoms with van der Waals surface area (Å²) in [6, 6.07) is 6.13. The van der Waals surface area contributed by atoms with Gasteiger partial charge in [-0.15, -0.1) is 0 Å². The van der Waals surface area contributed by atoms with Gasteiger partial charge >= 0.3 is 0 Å². The van der Waals surface area contributed by atoms with Crippen LogP contribution < -0.4 is 10.5 Å². The quantitative estimate of drug-likeness (QED) is 0.814. The third-order valence-electron chi connectivity index (χ3n) is 2.43. The maximum atomic E-state index is 12.1. The molecule has 7 heteroatoms. The number of sulfonamides is 1. The van der Waals surface area contributed by atoms with E-state index in [1.54, 1.807) is 37.0 Å². The van der Waals surface area contributed by atoms with E-state index in [0.717, 1.165) is 0 Å². The fourth-order valence-corrected chi connectivity index (χ4v) is 2.74. The van der Waals surface area contributed by atoms with Gasteiger partial charge in [0.25, 0.3) is 10.0 Å². The summed E-state index contributed by atoms with van der Waals surface area (Å²) in [6.07, 6.45) is 1.61. The molecule has 96 valence electrons. The van der Waals surface area contributed by atoms with E-state index in [0.29, 0.717) is 17.1 Å². The fourth-order valence-electron chi connectivity index (χ4n) is 1.59. The highest BCUT2D eigenvalue weighted by Crippen LogP contribution is 2.19. The minimum absolute atomic E-state index is 0.130. The first-order valence-electron chi connectivity index (χ1n) is 5.27. The lowest BCUT2D eigenvalue weighted by Crippen LogP contribution is -2.13. The topological polar surface area (TPSA) is 90.0 Å². The maximum absolute atomic E-state index is 12.1. The standard InChI is InChI=1S/C11H14N4O2S/c1-8-11(7-15(2)13-8)14-18(16,17)10-5-3-4-9(12)6-10/h3-7,14H,12H2,1-2H3. The molecule has 0 unspecified atom stereocenters. The molecule has 0 aliphatic rings. The summed E-state index contributed by atoms with van der Waals surface area (Å²) in [5, 5.41) is 4.07. The largest absolute Gasteiger partial charge is 0.399 e. The Bertz CT molecular complexity index is 676. The van der Waals surface area contributed by atoms with E-state index in [2.05, 4.69) is 9.82 Å². The van der Waals surface area contributed by atoms with Gasteiger partial charge in [0, 0.05) is 18.9 Å². The summed E-state index contributed by atoms with van der Waals surface area (Å²) < 4.78 is 28.3. The minimum atomic E-state index is -3.63. The van der Waals surface area contributed by atoms with E-state index >= 15 is 0 Å². The van der Waals surface area contributed by atoms with Crippen molar-refractivity contribution in [3.8, 4) is 0 Å². The number of nitrogens with zero attached hydrogens (tertiary/aromatic N) is 2. The molecule has 0 aliphatic heterocycles. The first-order chi connectivity index (χ1) is 8.38. The highest BCUT2D eigenvalue weighted by Gasteiger charge is 2.16. The third kappa shape index (κ3) is 2.45. The van der Waals surface area contributed by atoms with Crippen molar-refractivity contribution in [3.63, 3.8) is 0 Å². The van der Waals surface area contributed by atoms with Crippen LogP contribution in [0.2, 0.25) is 0 Å². The van der Waals surface area contributed by atoms with E-state index in [-0.39, 0.29) is 4.90 Å². The van der Waals surface area contributed by atoms with Crippen LogP contribution in [0.4, 0.5) is 11.4 Å². The second kappa shape index (κ2) is 4.34. The second-order valence-corrected chi connectivity index (χ2v) is 5.66. The molecule has 0 aliphatic carbocycles. The highest BCUT2D eigenvalue weighted by atomic mass is 32.2. The second-order valence-electron chi connectivity index (χ2n) is 3.98. The monoisotopic (exact) mass is 266 g/mol. The van der Waals surface area contributed by atoms with Crippen molar-refractivity contribution in [1.82, 2.24) is 9.78 Å². The number of hydrogen-bond acceptors (Lipinski definition) is 4. The number of nitrogens with two attached hydrogens (primary N) is 1. The van der Waals surface area contributed by atoms with Crippen LogP contribution >= 0.6 is 0 Å². The Morgan fingerprint density at radius 1 is 1.39 bits per heavy atom. The van der Waals surface area contributed by atoms with Gasteiger partial charge < -0.3 is 5.73 Å². The van der Waals surface area contributed by atoms with Gasteiger partial charge in [0.15, 0.2) is 0 Å².